The second-order valence-electron chi connectivity index (χ2n) is 8.48. The van der Waals surface area contributed by atoms with Crippen LogP contribution in [0.5, 0.6) is 5.19 Å². The summed E-state index contributed by atoms with van der Waals surface area (Å²) in [4.78, 5) is 24.9. The van der Waals surface area contributed by atoms with Crippen LogP contribution in [0.25, 0.3) is 28.2 Å². The van der Waals surface area contributed by atoms with Gasteiger partial charge in [-0.15, -0.1) is 0 Å². The molecule has 35 heavy (non-hydrogen) atoms. The summed E-state index contributed by atoms with van der Waals surface area (Å²) in [5.41, 5.74) is 10.8. The van der Waals surface area contributed by atoms with E-state index in [0.29, 0.717) is 46.8 Å². The van der Waals surface area contributed by atoms with Gasteiger partial charge in [-0.1, -0.05) is 17.4 Å². The number of nitrogens with zero attached hydrogens (tertiary/aromatic N) is 5. The monoisotopic (exact) mass is 560 g/mol. The van der Waals surface area contributed by atoms with Crippen LogP contribution >= 0.6 is 27.3 Å². The largest absolute Gasteiger partial charge is 0.479 e. The first kappa shape index (κ1) is 23.6. The van der Waals surface area contributed by atoms with Gasteiger partial charge in [0.1, 0.15) is 11.5 Å². The van der Waals surface area contributed by atoms with Gasteiger partial charge in [0.05, 0.1) is 29.2 Å². The first-order valence-electron chi connectivity index (χ1n) is 11.0. The van der Waals surface area contributed by atoms with E-state index in [1.54, 1.807) is 24.0 Å². The molecule has 1 aliphatic rings. The Kier molecular flexibility index (Phi) is 6.41. The highest BCUT2D eigenvalue weighted by atomic mass is 79.9. The van der Waals surface area contributed by atoms with Crippen LogP contribution in [0.1, 0.15) is 37.3 Å². The van der Waals surface area contributed by atoms with Gasteiger partial charge in [-0.2, -0.15) is 9.61 Å². The van der Waals surface area contributed by atoms with Crippen LogP contribution in [0.2, 0.25) is 0 Å². The zero-order chi connectivity index (χ0) is 24.7. The van der Waals surface area contributed by atoms with Gasteiger partial charge in [-0.05, 0) is 47.7 Å². The second-order valence-corrected chi connectivity index (χ2v) is 10.1. The summed E-state index contributed by atoms with van der Waals surface area (Å²) in [5.74, 6) is -1.41. The summed E-state index contributed by atoms with van der Waals surface area (Å²) in [6, 6.07) is 3.82. The molecule has 1 saturated carbocycles. The Balaban J connectivity index is 1.45. The van der Waals surface area contributed by atoms with Crippen molar-refractivity contribution in [1.82, 2.24) is 24.6 Å². The zero-order valence-corrected chi connectivity index (χ0v) is 21.1. The molecule has 0 radical (unpaired) electrons. The predicted octanol–water partition coefficient (Wildman–Crippen LogP) is 4.96. The highest BCUT2D eigenvalue weighted by molar-refractivity contribution is 9.10. The van der Waals surface area contributed by atoms with E-state index in [1.807, 2.05) is 17.5 Å². The van der Waals surface area contributed by atoms with E-state index in [9.17, 15) is 9.18 Å². The van der Waals surface area contributed by atoms with E-state index in [1.165, 1.54) is 11.3 Å². The Morgan fingerprint density at radius 2 is 2.03 bits per heavy atom. The van der Waals surface area contributed by atoms with Crippen LogP contribution in [0, 0.1) is 5.92 Å². The lowest BCUT2D eigenvalue weighted by molar-refractivity contribution is -0.145. The number of hydrogen-bond donors (Lipinski definition) is 2. The topological polar surface area (TPSA) is 129 Å². The van der Waals surface area contributed by atoms with Crippen LogP contribution in [-0.2, 0) is 4.79 Å². The third-order valence-corrected chi connectivity index (χ3v) is 8.06. The molecule has 0 aromatic carbocycles. The number of carbonyl (C=O) groups is 1. The molecule has 1 atom stereocenters. The van der Waals surface area contributed by atoms with Crippen molar-refractivity contribution in [2.24, 2.45) is 5.92 Å². The third-order valence-electron chi connectivity index (χ3n) is 6.45. The van der Waals surface area contributed by atoms with Crippen LogP contribution in [0.3, 0.4) is 0 Å². The van der Waals surface area contributed by atoms with Crippen molar-refractivity contribution in [3.8, 4) is 27.7 Å². The Hall–Kier alpha value is -3.12. The molecule has 12 heteroatoms. The average molecular weight is 561 g/mol. The Bertz CT molecular complexity index is 1380. The quantitative estimate of drug-likeness (QED) is 0.338. The summed E-state index contributed by atoms with van der Waals surface area (Å²) < 4.78 is 21.4. The molecule has 9 nitrogen and oxygen atoms in total. The van der Waals surface area contributed by atoms with Crippen molar-refractivity contribution in [2.45, 2.75) is 37.8 Å². The summed E-state index contributed by atoms with van der Waals surface area (Å²) in [6.07, 6.45) is 3.85. The molecule has 0 saturated heterocycles. The number of halogens is 2. The molecular weight excluding hydrogens is 539 g/mol. The fourth-order valence-corrected chi connectivity index (χ4v) is 5.76. The number of fused-ring (bicyclic) bond motifs is 1. The summed E-state index contributed by atoms with van der Waals surface area (Å²) in [5, 5.41) is 15.9. The molecule has 0 bridgehead atoms. The molecule has 182 valence electrons. The second kappa shape index (κ2) is 9.50. The molecule has 3 N–H and O–H groups in total. The number of thiazole rings is 1. The number of nitrogens with two attached hydrogens (primary N) is 1. The molecular formula is C23H22BrFN6O3S. The van der Waals surface area contributed by atoms with Gasteiger partial charge >= 0.3 is 5.97 Å². The molecule has 5 rings (SSSR count). The van der Waals surface area contributed by atoms with Crippen LogP contribution in [0.15, 0.2) is 34.4 Å². The van der Waals surface area contributed by atoms with Gasteiger partial charge in [0.15, 0.2) is 11.8 Å². The first-order chi connectivity index (χ1) is 16.9. The van der Waals surface area contributed by atoms with E-state index < -0.39 is 18.1 Å². The minimum atomic E-state index is -1.83. The minimum absolute atomic E-state index is 0.0387. The molecule has 1 unspecified atom stereocenters. The zero-order valence-electron chi connectivity index (χ0n) is 18.7. The number of carboxylic acid groups (broad SMARTS) is 1. The van der Waals surface area contributed by atoms with E-state index >= 15 is 0 Å². The van der Waals surface area contributed by atoms with Crippen molar-refractivity contribution in [1.29, 1.82) is 0 Å². The van der Waals surface area contributed by atoms with E-state index in [0.717, 1.165) is 28.2 Å². The maximum atomic E-state index is 14.0. The van der Waals surface area contributed by atoms with Gasteiger partial charge in [-0.3, -0.25) is 4.98 Å². The maximum Gasteiger partial charge on any atom is 0.338 e. The fraction of sp³-hybridized carbons (Fsp3) is 0.348. The average Bonchev–Trinajstić information content (AvgIpc) is 3.53. The van der Waals surface area contributed by atoms with Crippen LogP contribution < -0.4 is 10.5 Å². The van der Waals surface area contributed by atoms with Crippen molar-refractivity contribution >= 4 is 44.7 Å². The molecule has 4 heterocycles. The van der Waals surface area contributed by atoms with Crippen molar-refractivity contribution in [2.75, 3.05) is 12.8 Å². The SMILES string of the molecule is COc1nc(-c2ccc(-c3cnn4c(N)c(Br)c(C5CCC(C(F)C(=O)O)CC5)nc34)cn2)cs1. The van der Waals surface area contributed by atoms with Crippen molar-refractivity contribution in [3.05, 3.63) is 40.1 Å². The normalized spacial score (nSPS) is 19.1. The number of rotatable bonds is 6. The van der Waals surface area contributed by atoms with Crippen LogP contribution in [-0.4, -0.2) is 48.9 Å². The standard InChI is InChI=1S/C23H22BrFN6O3S/c1-34-23-29-16(10-35-23)15-7-6-13(8-27-15)14-9-28-31-20(26)17(24)19(30-21(14)31)12-4-2-11(3-5-12)18(25)22(32)33/h6-12,18H,2-5,26H2,1H3,(H,32,33). The number of hydrogen-bond acceptors (Lipinski definition) is 8. The number of aromatic nitrogens is 5. The number of ether oxygens (including phenoxy) is 1. The molecule has 0 aliphatic heterocycles. The summed E-state index contributed by atoms with van der Waals surface area (Å²) >= 11 is 4.97. The lowest BCUT2D eigenvalue weighted by atomic mass is 9.78. The minimum Gasteiger partial charge on any atom is -0.479 e. The smallest absolute Gasteiger partial charge is 0.338 e. The molecule has 4 aromatic heterocycles. The maximum absolute atomic E-state index is 14.0. The summed E-state index contributed by atoms with van der Waals surface area (Å²) in [6.45, 7) is 0. The predicted molar refractivity (Wildman–Crippen MR) is 133 cm³/mol. The number of methoxy groups -OCH3 is 1. The highest BCUT2D eigenvalue weighted by Crippen LogP contribution is 2.42. The van der Waals surface area contributed by atoms with Gasteiger partial charge in [0.2, 0.25) is 0 Å². The lowest BCUT2D eigenvalue weighted by Crippen LogP contribution is -2.28. The van der Waals surface area contributed by atoms with Crippen molar-refractivity contribution in [3.63, 3.8) is 0 Å². The Morgan fingerprint density at radius 3 is 2.66 bits per heavy atom. The Labute approximate surface area is 212 Å². The number of aliphatic carboxylic acids is 1. The van der Waals surface area contributed by atoms with Gasteiger partial charge in [0.25, 0.3) is 5.19 Å². The van der Waals surface area contributed by atoms with E-state index in [4.69, 9.17) is 20.6 Å². The van der Waals surface area contributed by atoms with Crippen molar-refractivity contribution < 1.29 is 19.0 Å². The Morgan fingerprint density at radius 1 is 1.26 bits per heavy atom. The number of carboxylic acids is 1. The van der Waals surface area contributed by atoms with Crippen LogP contribution in [0.4, 0.5) is 10.2 Å². The van der Waals surface area contributed by atoms with Gasteiger partial charge < -0.3 is 15.6 Å². The molecule has 1 aliphatic carbocycles. The summed E-state index contributed by atoms with van der Waals surface area (Å²) in [7, 11) is 1.58. The number of alkyl halides is 1. The first-order valence-corrected chi connectivity index (χ1v) is 12.7. The molecule has 4 aromatic rings. The number of pyridine rings is 1. The van der Waals surface area contributed by atoms with E-state index in [2.05, 4.69) is 31.0 Å². The molecule has 0 spiro atoms. The number of nitrogen functional groups attached to an aromatic ring is 1. The molecule has 0 amide bonds. The number of anilines is 1. The fourth-order valence-electron chi connectivity index (χ4n) is 4.55. The van der Waals surface area contributed by atoms with E-state index in [-0.39, 0.29) is 5.92 Å². The van der Waals surface area contributed by atoms with Gasteiger partial charge in [-0.25, -0.2) is 19.2 Å². The third kappa shape index (κ3) is 4.36. The van der Waals surface area contributed by atoms with Gasteiger partial charge in [0, 0.05) is 34.5 Å². The molecule has 1 fully saturated rings. The lowest BCUT2D eigenvalue weighted by Gasteiger charge is -2.29. The highest BCUT2D eigenvalue weighted by Gasteiger charge is 2.34.